The molecule has 0 bridgehead atoms. The summed E-state index contributed by atoms with van der Waals surface area (Å²) in [5.74, 6) is 0.103. The van der Waals surface area contributed by atoms with Crippen LogP contribution in [-0.2, 0) is 0 Å². The van der Waals surface area contributed by atoms with E-state index in [0.29, 0.717) is 5.69 Å². The molecule has 2 aliphatic rings. The molecule has 4 nitrogen and oxygen atoms in total. The smallest absolute Gasteiger partial charge is 0.254 e. The van der Waals surface area contributed by atoms with Crippen molar-refractivity contribution in [2.24, 2.45) is 0 Å². The zero-order valence-electron chi connectivity index (χ0n) is 11.7. The molecule has 3 rings (SSSR count). The van der Waals surface area contributed by atoms with E-state index >= 15 is 0 Å². The van der Waals surface area contributed by atoms with Gasteiger partial charge in [0.15, 0.2) is 0 Å². The first-order valence-electron chi connectivity index (χ1n) is 7.15. The minimum absolute atomic E-state index is 0.103. The Bertz CT molecular complexity index is 534. The van der Waals surface area contributed by atoms with E-state index in [-0.39, 0.29) is 5.91 Å². The van der Waals surface area contributed by atoms with Gasteiger partial charge in [0.1, 0.15) is 0 Å². The molecular weight excluding hydrogens is 318 g/mol. The summed E-state index contributed by atoms with van der Waals surface area (Å²) in [5, 5.41) is 0. The molecule has 1 saturated heterocycles. The molecule has 1 saturated carbocycles. The fourth-order valence-electron chi connectivity index (χ4n) is 2.82. The summed E-state index contributed by atoms with van der Waals surface area (Å²) >= 11 is 3.42. The predicted octanol–water partition coefficient (Wildman–Crippen LogP) is 2.26. The van der Waals surface area contributed by atoms with Crippen molar-refractivity contribution in [3.8, 4) is 0 Å². The molecule has 1 amide bonds. The predicted molar refractivity (Wildman–Crippen MR) is 83.8 cm³/mol. The molecule has 0 atom stereocenters. The first-order chi connectivity index (χ1) is 9.56. The number of nitrogens with zero attached hydrogens (tertiary/aromatic N) is 2. The van der Waals surface area contributed by atoms with Gasteiger partial charge in [-0.3, -0.25) is 9.69 Å². The number of hydrogen-bond acceptors (Lipinski definition) is 3. The zero-order valence-corrected chi connectivity index (χ0v) is 13.3. The van der Waals surface area contributed by atoms with Gasteiger partial charge in [0.25, 0.3) is 5.91 Å². The van der Waals surface area contributed by atoms with Crippen molar-refractivity contribution in [1.82, 2.24) is 9.80 Å². The van der Waals surface area contributed by atoms with Crippen LogP contribution in [0.5, 0.6) is 0 Å². The number of piperazine rings is 1. The largest absolute Gasteiger partial charge is 0.398 e. The lowest BCUT2D eigenvalue weighted by molar-refractivity contribution is 0.0626. The minimum Gasteiger partial charge on any atom is -0.398 e. The fourth-order valence-corrected chi connectivity index (χ4v) is 3.30. The standard InChI is InChI=1S/C15H20BrN3O/c1-10-13(8-11(16)9-14(10)17)15(20)19-6-4-18(5-7-19)12-2-3-12/h8-9,12H,2-7,17H2,1H3. The van der Waals surface area contributed by atoms with E-state index in [1.54, 1.807) is 0 Å². The summed E-state index contributed by atoms with van der Waals surface area (Å²) in [6.07, 6.45) is 2.66. The second kappa shape index (κ2) is 5.37. The lowest BCUT2D eigenvalue weighted by atomic mass is 10.1. The SMILES string of the molecule is Cc1c(N)cc(Br)cc1C(=O)N1CCN(C2CC2)CC1. The first-order valence-corrected chi connectivity index (χ1v) is 7.94. The number of hydrogen-bond donors (Lipinski definition) is 1. The third-order valence-corrected chi connectivity index (χ3v) is 4.77. The maximum absolute atomic E-state index is 12.6. The van der Waals surface area contributed by atoms with E-state index in [2.05, 4.69) is 20.8 Å². The van der Waals surface area contributed by atoms with Crippen LogP contribution in [0, 0.1) is 6.92 Å². The van der Waals surface area contributed by atoms with E-state index in [1.807, 2.05) is 24.0 Å². The molecule has 1 heterocycles. The first kappa shape index (κ1) is 13.9. The Kier molecular flexibility index (Phi) is 3.73. The summed E-state index contributed by atoms with van der Waals surface area (Å²) in [4.78, 5) is 17.1. The van der Waals surface area contributed by atoms with Crippen LogP contribution < -0.4 is 5.73 Å². The van der Waals surface area contributed by atoms with E-state index in [9.17, 15) is 4.79 Å². The van der Waals surface area contributed by atoms with Gasteiger partial charge in [0.05, 0.1) is 0 Å². The van der Waals surface area contributed by atoms with Crippen LogP contribution >= 0.6 is 15.9 Å². The van der Waals surface area contributed by atoms with Crippen LogP contribution in [0.15, 0.2) is 16.6 Å². The maximum Gasteiger partial charge on any atom is 0.254 e. The Morgan fingerprint density at radius 2 is 1.90 bits per heavy atom. The summed E-state index contributed by atoms with van der Waals surface area (Å²) < 4.78 is 0.862. The Balaban J connectivity index is 1.73. The van der Waals surface area contributed by atoms with Crippen molar-refractivity contribution in [2.45, 2.75) is 25.8 Å². The lowest BCUT2D eigenvalue weighted by Crippen LogP contribution is -2.49. The number of halogens is 1. The number of carbonyl (C=O) groups excluding carboxylic acids is 1. The van der Waals surface area contributed by atoms with Crippen molar-refractivity contribution in [1.29, 1.82) is 0 Å². The molecule has 20 heavy (non-hydrogen) atoms. The molecule has 2 N–H and O–H groups in total. The normalized spacial score (nSPS) is 20.2. The van der Waals surface area contributed by atoms with Gasteiger partial charge in [-0.1, -0.05) is 15.9 Å². The van der Waals surface area contributed by atoms with Gasteiger partial charge in [-0.25, -0.2) is 0 Å². The van der Waals surface area contributed by atoms with Crippen LogP contribution in [0.2, 0.25) is 0 Å². The molecule has 0 unspecified atom stereocenters. The van der Waals surface area contributed by atoms with E-state index in [4.69, 9.17) is 5.73 Å². The summed E-state index contributed by atoms with van der Waals surface area (Å²) in [6.45, 7) is 5.55. The van der Waals surface area contributed by atoms with Crippen LogP contribution in [0.4, 0.5) is 5.69 Å². The second-order valence-corrected chi connectivity index (χ2v) is 6.64. The highest BCUT2D eigenvalue weighted by molar-refractivity contribution is 9.10. The highest BCUT2D eigenvalue weighted by atomic mass is 79.9. The molecule has 108 valence electrons. The number of nitrogens with two attached hydrogens (primary N) is 1. The molecule has 2 fully saturated rings. The zero-order chi connectivity index (χ0) is 14.3. The lowest BCUT2D eigenvalue weighted by Gasteiger charge is -2.35. The molecular formula is C15H20BrN3O. The average molecular weight is 338 g/mol. The Labute approximate surface area is 128 Å². The van der Waals surface area contributed by atoms with E-state index in [0.717, 1.165) is 47.8 Å². The van der Waals surface area contributed by atoms with Gasteiger partial charge in [-0.15, -0.1) is 0 Å². The van der Waals surface area contributed by atoms with Gasteiger partial charge >= 0.3 is 0 Å². The van der Waals surface area contributed by atoms with Crippen molar-refractivity contribution < 1.29 is 4.79 Å². The molecule has 0 spiro atoms. The van der Waals surface area contributed by atoms with Crippen molar-refractivity contribution in [3.05, 3.63) is 27.7 Å². The minimum atomic E-state index is 0.103. The molecule has 1 aromatic carbocycles. The van der Waals surface area contributed by atoms with Crippen molar-refractivity contribution >= 4 is 27.5 Å². The number of benzene rings is 1. The van der Waals surface area contributed by atoms with Gasteiger partial charge in [0.2, 0.25) is 0 Å². The molecule has 5 heteroatoms. The van der Waals surface area contributed by atoms with Gasteiger partial charge in [0, 0.05) is 47.9 Å². The number of carbonyl (C=O) groups is 1. The maximum atomic E-state index is 12.6. The van der Waals surface area contributed by atoms with Crippen molar-refractivity contribution in [3.63, 3.8) is 0 Å². The van der Waals surface area contributed by atoms with E-state index < -0.39 is 0 Å². The molecule has 1 aromatic rings. The number of amides is 1. The fraction of sp³-hybridized carbons (Fsp3) is 0.533. The molecule has 1 aliphatic carbocycles. The van der Waals surface area contributed by atoms with Gasteiger partial charge in [-0.2, -0.15) is 0 Å². The summed E-state index contributed by atoms with van der Waals surface area (Å²) in [5.41, 5.74) is 8.21. The Morgan fingerprint density at radius 3 is 2.50 bits per heavy atom. The third kappa shape index (κ3) is 2.69. The van der Waals surface area contributed by atoms with E-state index in [1.165, 1.54) is 12.8 Å². The Morgan fingerprint density at radius 1 is 1.25 bits per heavy atom. The van der Waals surface area contributed by atoms with Crippen LogP contribution in [-0.4, -0.2) is 47.9 Å². The van der Waals surface area contributed by atoms with Gasteiger partial charge < -0.3 is 10.6 Å². The highest BCUT2D eigenvalue weighted by Crippen LogP contribution is 2.28. The highest BCUT2D eigenvalue weighted by Gasteiger charge is 2.32. The summed E-state index contributed by atoms with van der Waals surface area (Å²) in [7, 11) is 0. The molecule has 0 aromatic heterocycles. The third-order valence-electron chi connectivity index (χ3n) is 4.31. The molecule has 1 aliphatic heterocycles. The number of nitrogen functional groups attached to an aromatic ring is 1. The van der Waals surface area contributed by atoms with Gasteiger partial charge in [-0.05, 0) is 37.5 Å². The number of rotatable bonds is 2. The summed E-state index contributed by atoms with van der Waals surface area (Å²) in [6, 6.07) is 4.51. The van der Waals surface area contributed by atoms with Crippen molar-refractivity contribution in [2.75, 3.05) is 31.9 Å². The quantitative estimate of drug-likeness (QED) is 0.842. The number of anilines is 1. The Hall–Kier alpha value is -1.07. The van der Waals surface area contributed by atoms with Crippen LogP contribution in [0.1, 0.15) is 28.8 Å². The average Bonchev–Trinajstić information content (AvgIpc) is 3.27. The second-order valence-electron chi connectivity index (χ2n) is 5.73. The van der Waals surface area contributed by atoms with Crippen LogP contribution in [0.3, 0.4) is 0 Å². The van der Waals surface area contributed by atoms with Crippen LogP contribution in [0.25, 0.3) is 0 Å². The monoisotopic (exact) mass is 337 g/mol. The molecule has 0 radical (unpaired) electrons. The topological polar surface area (TPSA) is 49.6 Å².